The van der Waals surface area contributed by atoms with Crippen LogP contribution in [0, 0.1) is 6.92 Å². The van der Waals surface area contributed by atoms with Crippen LogP contribution in [0.25, 0.3) is 10.9 Å². The molecule has 1 aromatic carbocycles. The molecule has 0 radical (unpaired) electrons. The molecule has 1 aliphatic rings. The van der Waals surface area contributed by atoms with Gasteiger partial charge >= 0.3 is 0 Å². The summed E-state index contributed by atoms with van der Waals surface area (Å²) in [5, 5.41) is 1.04. The minimum absolute atomic E-state index is 0.123. The second-order valence-corrected chi connectivity index (χ2v) is 5.40. The van der Waals surface area contributed by atoms with Crippen molar-refractivity contribution in [2.75, 3.05) is 6.61 Å². The van der Waals surface area contributed by atoms with Crippen molar-refractivity contribution >= 4 is 16.7 Å². The molecule has 2 unspecified atom stereocenters. The van der Waals surface area contributed by atoms with E-state index in [1.165, 1.54) is 0 Å². The minimum Gasteiger partial charge on any atom is -0.484 e. The van der Waals surface area contributed by atoms with Crippen LogP contribution in [0.15, 0.2) is 30.3 Å². The van der Waals surface area contributed by atoms with Gasteiger partial charge in [0.1, 0.15) is 17.4 Å². The van der Waals surface area contributed by atoms with Gasteiger partial charge in [-0.25, -0.2) is 4.98 Å². The number of carbonyl (C=O) groups excluding carboxylic acids is 1. The lowest BCUT2D eigenvalue weighted by molar-refractivity contribution is -0.154. The Kier molecular flexibility index (Phi) is 3.88. The summed E-state index contributed by atoms with van der Waals surface area (Å²) in [5.41, 5.74) is 1.79. The number of rotatable bonds is 5. The number of para-hydroxylation sites is 1. The van der Waals surface area contributed by atoms with Gasteiger partial charge in [0.25, 0.3) is 0 Å². The number of hydrogen-bond acceptors (Lipinski definition) is 4. The van der Waals surface area contributed by atoms with Crippen molar-refractivity contribution in [3.8, 4) is 5.75 Å². The molecule has 0 N–H and O–H groups in total. The average molecular weight is 285 g/mol. The zero-order valence-electron chi connectivity index (χ0n) is 12.3. The highest BCUT2D eigenvalue weighted by molar-refractivity contribution is 5.91. The molecule has 0 amide bonds. The number of pyridine rings is 1. The molecule has 0 bridgehead atoms. The van der Waals surface area contributed by atoms with Crippen LogP contribution in [0.1, 0.15) is 25.5 Å². The van der Waals surface area contributed by atoms with Gasteiger partial charge in [0.2, 0.25) is 0 Å². The maximum absolute atomic E-state index is 11.6. The number of aryl methyl sites for hydroxylation is 1. The summed E-state index contributed by atoms with van der Waals surface area (Å²) in [5.74, 6) is 0.844. The second kappa shape index (κ2) is 5.82. The maximum atomic E-state index is 11.6. The number of benzene rings is 1. The van der Waals surface area contributed by atoms with Gasteiger partial charge < -0.3 is 9.47 Å². The van der Waals surface area contributed by atoms with E-state index in [-0.39, 0.29) is 11.9 Å². The summed E-state index contributed by atoms with van der Waals surface area (Å²) in [6.45, 7) is 4.57. The van der Waals surface area contributed by atoms with Crippen molar-refractivity contribution in [2.45, 2.75) is 38.9 Å². The standard InChI is InChI=1S/C17H19NO3/c1-3-9-20-17-13(19)10-15(17)21-14-6-4-5-12-8-7-11(2)18-16(12)14/h4-8,15,17H,3,9-10H2,1-2H3. The number of aromatic nitrogens is 1. The number of ether oxygens (including phenoxy) is 2. The van der Waals surface area contributed by atoms with E-state index in [0.717, 1.165) is 28.8 Å². The van der Waals surface area contributed by atoms with Gasteiger partial charge in [0, 0.05) is 24.1 Å². The molecule has 4 nitrogen and oxygen atoms in total. The molecule has 2 atom stereocenters. The molecule has 1 aliphatic carbocycles. The summed E-state index contributed by atoms with van der Waals surface area (Å²) in [4.78, 5) is 16.2. The van der Waals surface area contributed by atoms with E-state index < -0.39 is 6.10 Å². The van der Waals surface area contributed by atoms with Crippen LogP contribution in [-0.2, 0) is 9.53 Å². The average Bonchev–Trinajstić information content (AvgIpc) is 2.47. The Bertz CT molecular complexity index is 668. The third kappa shape index (κ3) is 2.76. The number of nitrogens with zero attached hydrogens (tertiary/aromatic N) is 1. The first-order chi connectivity index (χ1) is 10.2. The highest BCUT2D eigenvalue weighted by Gasteiger charge is 2.42. The van der Waals surface area contributed by atoms with E-state index in [1.807, 2.05) is 44.2 Å². The Balaban J connectivity index is 1.82. The number of fused-ring (bicyclic) bond motifs is 1. The molecule has 110 valence electrons. The van der Waals surface area contributed by atoms with Crippen molar-refractivity contribution in [2.24, 2.45) is 0 Å². The third-order valence-electron chi connectivity index (χ3n) is 3.66. The molecule has 1 fully saturated rings. The Morgan fingerprint density at radius 3 is 2.90 bits per heavy atom. The number of ketones is 1. The molecule has 0 aliphatic heterocycles. The smallest absolute Gasteiger partial charge is 0.169 e. The van der Waals surface area contributed by atoms with E-state index in [0.29, 0.717) is 13.0 Å². The maximum Gasteiger partial charge on any atom is 0.169 e. The van der Waals surface area contributed by atoms with Crippen molar-refractivity contribution in [3.63, 3.8) is 0 Å². The fourth-order valence-corrected chi connectivity index (χ4v) is 2.49. The predicted molar refractivity (Wildman–Crippen MR) is 80.6 cm³/mol. The lowest BCUT2D eigenvalue weighted by atomic mass is 9.90. The van der Waals surface area contributed by atoms with Crippen molar-refractivity contribution in [1.82, 2.24) is 4.98 Å². The molecule has 0 saturated heterocycles. The highest BCUT2D eigenvalue weighted by Crippen LogP contribution is 2.30. The SMILES string of the molecule is CCCOC1C(=O)CC1Oc1cccc2ccc(C)nc12. The molecule has 21 heavy (non-hydrogen) atoms. The van der Waals surface area contributed by atoms with Gasteiger partial charge in [-0.05, 0) is 25.5 Å². The van der Waals surface area contributed by atoms with Crippen LogP contribution in [0.4, 0.5) is 0 Å². The van der Waals surface area contributed by atoms with Gasteiger partial charge in [-0.15, -0.1) is 0 Å². The van der Waals surface area contributed by atoms with Crippen molar-refractivity contribution in [1.29, 1.82) is 0 Å². The lowest BCUT2D eigenvalue weighted by Crippen LogP contribution is -2.52. The molecular weight excluding hydrogens is 266 g/mol. The Morgan fingerprint density at radius 1 is 1.29 bits per heavy atom. The molecule has 1 heterocycles. The van der Waals surface area contributed by atoms with Gasteiger partial charge in [-0.1, -0.05) is 25.1 Å². The quantitative estimate of drug-likeness (QED) is 0.847. The summed E-state index contributed by atoms with van der Waals surface area (Å²) >= 11 is 0. The Hall–Kier alpha value is -1.94. The minimum atomic E-state index is -0.426. The van der Waals surface area contributed by atoms with Gasteiger partial charge in [0.15, 0.2) is 11.9 Å². The fourth-order valence-electron chi connectivity index (χ4n) is 2.49. The first-order valence-electron chi connectivity index (χ1n) is 7.36. The zero-order chi connectivity index (χ0) is 14.8. The molecule has 1 aromatic heterocycles. The first-order valence-corrected chi connectivity index (χ1v) is 7.36. The molecule has 2 aromatic rings. The van der Waals surface area contributed by atoms with Gasteiger partial charge in [-0.2, -0.15) is 0 Å². The Labute approximate surface area is 124 Å². The van der Waals surface area contributed by atoms with Crippen LogP contribution in [0.5, 0.6) is 5.75 Å². The topological polar surface area (TPSA) is 48.4 Å². The van der Waals surface area contributed by atoms with E-state index in [1.54, 1.807) is 0 Å². The largest absolute Gasteiger partial charge is 0.484 e. The summed E-state index contributed by atoms with van der Waals surface area (Å²) in [6.07, 6.45) is 0.684. The van der Waals surface area contributed by atoms with E-state index >= 15 is 0 Å². The highest BCUT2D eigenvalue weighted by atomic mass is 16.5. The van der Waals surface area contributed by atoms with E-state index in [9.17, 15) is 4.79 Å². The van der Waals surface area contributed by atoms with Gasteiger partial charge in [0.05, 0.1) is 0 Å². The van der Waals surface area contributed by atoms with Crippen molar-refractivity contribution in [3.05, 3.63) is 36.0 Å². The predicted octanol–water partition coefficient (Wildman–Crippen LogP) is 3.06. The zero-order valence-corrected chi connectivity index (χ0v) is 12.3. The van der Waals surface area contributed by atoms with Crippen LogP contribution in [0.3, 0.4) is 0 Å². The number of hydrogen-bond donors (Lipinski definition) is 0. The van der Waals surface area contributed by atoms with Crippen LogP contribution in [-0.4, -0.2) is 29.6 Å². The van der Waals surface area contributed by atoms with E-state index in [2.05, 4.69) is 4.98 Å². The number of Topliss-reactive ketones (excluding diaryl/α,β-unsaturated/α-hetero) is 1. The van der Waals surface area contributed by atoms with E-state index in [4.69, 9.17) is 9.47 Å². The normalized spacial score (nSPS) is 21.3. The molecule has 1 saturated carbocycles. The summed E-state index contributed by atoms with van der Waals surface area (Å²) < 4.78 is 11.6. The number of carbonyl (C=O) groups is 1. The fraction of sp³-hybridized carbons (Fsp3) is 0.412. The third-order valence-corrected chi connectivity index (χ3v) is 3.66. The van der Waals surface area contributed by atoms with Gasteiger partial charge in [-0.3, -0.25) is 4.79 Å². The Morgan fingerprint density at radius 2 is 2.14 bits per heavy atom. The van der Waals surface area contributed by atoms with Crippen molar-refractivity contribution < 1.29 is 14.3 Å². The molecule has 0 spiro atoms. The van der Waals surface area contributed by atoms with Crippen LogP contribution in [0.2, 0.25) is 0 Å². The summed E-state index contributed by atoms with van der Waals surface area (Å²) in [7, 11) is 0. The monoisotopic (exact) mass is 285 g/mol. The molecule has 4 heteroatoms. The summed E-state index contributed by atoms with van der Waals surface area (Å²) in [6, 6.07) is 9.85. The lowest BCUT2D eigenvalue weighted by Gasteiger charge is -2.34. The van der Waals surface area contributed by atoms with Crippen LogP contribution >= 0.6 is 0 Å². The molecular formula is C17H19NO3. The second-order valence-electron chi connectivity index (χ2n) is 5.40. The van der Waals surface area contributed by atoms with Crippen LogP contribution < -0.4 is 4.74 Å². The first kappa shape index (κ1) is 14.0. The molecule has 3 rings (SSSR count).